The molecule has 0 saturated heterocycles. The van der Waals surface area contributed by atoms with Crippen molar-refractivity contribution in [1.82, 2.24) is 14.9 Å². The number of hydrogen-bond acceptors (Lipinski definition) is 5. The number of aromatic nitrogens is 2. The maximum absolute atomic E-state index is 12.0. The summed E-state index contributed by atoms with van der Waals surface area (Å²) in [6.07, 6.45) is 7.33. The topological polar surface area (TPSA) is 99.0 Å². The van der Waals surface area contributed by atoms with Gasteiger partial charge in [0.05, 0.1) is 5.69 Å². The summed E-state index contributed by atoms with van der Waals surface area (Å²) in [4.78, 5) is 15.8. The second kappa shape index (κ2) is 6.61. The Morgan fingerprint density at radius 1 is 1.20 bits per heavy atom. The summed E-state index contributed by atoms with van der Waals surface area (Å²) in [7, 11) is 0. The maximum Gasteiger partial charge on any atom is 0.354 e. The van der Waals surface area contributed by atoms with Crippen LogP contribution in [0.1, 0.15) is 30.4 Å². The predicted molar refractivity (Wildman–Crippen MR) is 98.8 cm³/mol. The van der Waals surface area contributed by atoms with Crippen molar-refractivity contribution in [1.29, 1.82) is 0 Å². The van der Waals surface area contributed by atoms with Crippen LogP contribution in [-0.2, 0) is 12.8 Å². The highest BCUT2D eigenvalue weighted by atomic mass is 16.1. The number of nitrogens with two attached hydrogens (primary N) is 2. The quantitative estimate of drug-likeness (QED) is 0.772. The van der Waals surface area contributed by atoms with E-state index in [4.69, 9.17) is 11.5 Å². The highest BCUT2D eigenvalue weighted by molar-refractivity contribution is 5.43. The van der Waals surface area contributed by atoms with Gasteiger partial charge in [0.15, 0.2) is 0 Å². The van der Waals surface area contributed by atoms with E-state index in [1.807, 2.05) is 6.07 Å². The number of fused-ring (bicyclic) bond motifs is 1. The van der Waals surface area contributed by atoms with E-state index >= 15 is 0 Å². The van der Waals surface area contributed by atoms with Crippen LogP contribution in [0.5, 0.6) is 0 Å². The molecule has 6 nitrogen and oxygen atoms in total. The van der Waals surface area contributed by atoms with E-state index in [1.54, 1.807) is 16.8 Å². The van der Waals surface area contributed by atoms with Gasteiger partial charge in [-0.1, -0.05) is 6.07 Å². The molecule has 2 aromatic rings. The zero-order chi connectivity index (χ0) is 17.4. The van der Waals surface area contributed by atoms with Crippen molar-refractivity contribution < 1.29 is 0 Å². The average Bonchev–Trinajstić information content (AvgIpc) is 2.57. The number of anilines is 1. The Labute approximate surface area is 147 Å². The molecule has 132 valence electrons. The minimum absolute atomic E-state index is 0.251. The van der Waals surface area contributed by atoms with E-state index in [2.05, 4.69) is 22.4 Å². The highest BCUT2D eigenvalue weighted by Gasteiger charge is 2.30. The molecule has 1 heterocycles. The van der Waals surface area contributed by atoms with Gasteiger partial charge < -0.3 is 16.8 Å². The molecule has 0 aliphatic heterocycles. The van der Waals surface area contributed by atoms with Gasteiger partial charge >= 0.3 is 5.69 Å². The van der Waals surface area contributed by atoms with E-state index in [-0.39, 0.29) is 11.5 Å². The molecule has 6 heteroatoms. The van der Waals surface area contributed by atoms with Crippen LogP contribution in [0.3, 0.4) is 0 Å². The number of nitrogens with one attached hydrogen (secondary N) is 1. The second-order valence-corrected chi connectivity index (χ2v) is 7.33. The molecule has 2 aliphatic rings. The summed E-state index contributed by atoms with van der Waals surface area (Å²) in [6, 6.07) is 9.08. The third-order valence-electron chi connectivity index (χ3n) is 5.56. The molecule has 1 aromatic carbocycles. The van der Waals surface area contributed by atoms with Crippen molar-refractivity contribution in [3.8, 4) is 5.69 Å². The third-order valence-corrected chi connectivity index (χ3v) is 5.56. The molecule has 0 bridgehead atoms. The normalized spacial score (nSPS) is 25.2. The lowest BCUT2D eigenvalue weighted by molar-refractivity contribution is 0.205. The summed E-state index contributed by atoms with van der Waals surface area (Å²) in [5, 5.41) is 3.79. The van der Waals surface area contributed by atoms with Crippen LogP contribution in [0, 0.1) is 5.92 Å². The molecule has 5 N–H and O–H groups in total. The Kier molecular flexibility index (Phi) is 4.31. The van der Waals surface area contributed by atoms with E-state index in [0.29, 0.717) is 18.0 Å². The molecular weight excluding hydrogens is 314 g/mol. The summed E-state index contributed by atoms with van der Waals surface area (Å²) in [5.74, 6) is 0.962. The molecule has 1 atom stereocenters. The van der Waals surface area contributed by atoms with Crippen LogP contribution in [0.4, 0.5) is 5.82 Å². The number of nitrogens with zero attached hydrogens (tertiary/aromatic N) is 2. The first-order chi connectivity index (χ1) is 12.1. The Hall–Kier alpha value is -2.18. The number of aryl methyl sites for hydroxylation is 1. The first-order valence-corrected chi connectivity index (χ1v) is 9.06. The molecule has 1 fully saturated rings. The second-order valence-electron chi connectivity index (χ2n) is 7.33. The monoisotopic (exact) mass is 339 g/mol. The SMILES string of the molecule is NCC1CC(NC2CCc3cc(-n4ccc(N)nc4=O)ccc3C2)C1. The lowest BCUT2D eigenvalue weighted by Crippen LogP contribution is -2.49. The van der Waals surface area contributed by atoms with Crippen molar-refractivity contribution in [2.24, 2.45) is 11.7 Å². The Morgan fingerprint density at radius 3 is 2.80 bits per heavy atom. The predicted octanol–water partition coefficient (Wildman–Crippen LogP) is 0.999. The average molecular weight is 339 g/mol. The smallest absolute Gasteiger partial charge is 0.354 e. The fourth-order valence-electron chi connectivity index (χ4n) is 4.04. The largest absolute Gasteiger partial charge is 0.383 e. The first-order valence-electron chi connectivity index (χ1n) is 9.06. The van der Waals surface area contributed by atoms with E-state index in [0.717, 1.165) is 31.5 Å². The zero-order valence-corrected chi connectivity index (χ0v) is 14.3. The third kappa shape index (κ3) is 3.32. The lowest BCUT2D eigenvalue weighted by atomic mass is 9.79. The van der Waals surface area contributed by atoms with E-state index in [9.17, 15) is 4.79 Å². The van der Waals surface area contributed by atoms with Crippen molar-refractivity contribution in [3.05, 3.63) is 52.1 Å². The number of benzene rings is 1. The van der Waals surface area contributed by atoms with Crippen molar-refractivity contribution in [3.63, 3.8) is 0 Å². The number of hydrogen-bond donors (Lipinski definition) is 3. The molecule has 2 aliphatic carbocycles. The van der Waals surface area contributed by atoms with E-state index < -0.39 is 0 Å². The summed E-state index contributed by atoms with van der Waals surface area (Å²) < 4.78 is 1.54. The van der Waals surface area contributed by atoms with Gasteiger partial charge in [0.2, 0.25) is 0 Å². The molecule has 0 spiro atoms. The molecular formula is C19H25N5O. The van der Waals surface area contributed by atoms with Crippen LogP contribution < -0.4 is 22.5 Å². The minimum atomic E-state index is -0.338. The Bertz CT molecular complexity index is 825. The van der Waals surface area contributed by atoms with Gasteiger partial charge in [0.1, 0.15) is 5.82 Å². The fraction of sp³-hybridized carbons (Fsp3) is 0.474. The van der Waals surface area contributed by atoms with Gasteiger partial charge in [-0.15, -0.1) is 0 Å². The van der Waals surface area contributed by atoms with Gasteiger partial charge in [0, 0.05) is 18.3 Å². The highest BCUT2D eigenvalue weighted by Crippen LogP contribution is 2.29. The van der Waals surface area contributed by atoms with Gasteiger partial charge in [0.25, 0.3) is 0 Å². The van der Waals surface area contributed by atoms with Crippen molar-refractivity contribution in [2.45, 2.75) is 44.2 Å². The number of nitrogen functional groups attached to an aromatic ring is 1. The molecule has 1 aromatic heterocycles. The zero-order valence-electron chi connectivity index (χ0n) is 14.3. The minimum Gasteiger partial charge on any atom is -0.383 e. The van der Waals surface area contributed by atoms with Gasteiger partial charge in [-0.3, -0.25) is 4.57 Å². The molecule has 4 rings (SSSR count). The van der Waals surface area contributed by atoms with E-state index in [1.165, 1.54) is 24.0 Å². The van der Waals surface area contributed by atoms with Gasteiger partial charge in [-0.05, 0) is 73.9 Å². The summed E-state index contributed by atoms with van der Waals surface area (Å²) in [6.45, 7) is 0.813. The van der Waals surface area contributed by atoms with Crippen LogP contribution in [0.25, 0.3) is 5.69 Å². The van der Waals surface area contributed by atoms with Gasteiger partial charge in [-0.25, -0.2) is 4.79 Å². The molecule has 0 radical (unpaired) electrons. The fourth-order valence-corrected chi connectivity index (χ4v) is 4.04. The molecule has 0 amide bonds. The van der Waals surface area contributed by atoms with Crippen LogP contribution in [0.2, 0.25) is 0 Å². The maximum atomic E-state index is 12.0. The summed E-state index contributed by atoms with van der Waals surface area (Å²) >= 11 is 0. The van der Waals surface area contributed by atoms with Crippen LogP contribution in [0.15, 0.2) is 35.3 Å². The molecule has 1 saturated carbocycles. The summed E-state index contributed by atoms with van der Waals surface area (Å²) in [5.41, 5.74) is 14.5. The Morgan fingerprint density at radius 2 is 2.04 bits per heavy atom. The van der Waals surface area contributed by atoms with Crippen molar-refractivity contribution in [2.75, 3.05) is 12.3 Å². The molecule has 25 heavy (non-hydrogen) atoms. The standard InChI is InChI=1S/C19H25N5O/c20-11-12-7-16(8-12)22-15-3-1-14-10-17(4-2-13(14)9-15)24-6-5-18(21)23-19(24)25/h2,4-6,10,12,15-16,22H,1,3,7-9,11,20H2,(H2,21,23,25). The van der Waals surface area contributed by atoms with Crippen molar-refractivity contribution >= 4 is 5.82 Å². The lowest BCUT2D eigenvalue weighted by Gasteiger charge is -2.39. The first kappa shape index (κ1) is 16.3. The molecule has 1 unspecified atom stereocenters. The number of rotatable bonds is 4. The van der Waals surface area contributed by atoms with Crippen LogP contribution >= 0.6 is 0 Å². The van der Waals surface area contributed by atoms with Gasteiger partial charge in [-0.2, -0.15) is 4.98 Å². The Balaban J connectivity index is 1.47. The van der Waals surface area contributed by atoms with Crippen LogP contribution in [-0.4, -0.2) is 28.2 Å².